The second kappa shape index (κ2) is 25.7. The molecule has 3 aliphatic rings. The van der Waals surface area contributed by atoms with E-state index in [1.165, 1.54) is 11.1 Å². The van der Waals surface area contributed by atoms with Crippen LogP contribution in [0.25, 0.3) is 33.1 Å². The molecular formula is C53H63N11O12. The number of aliphatic carboxylic acids is 3. The topological polar surface area (TPSA) is 283 Å². The number of pyridine rings is 1. The molecule has 0 saturated carbocycles. The molecule has 3 saturated heterocycles. The van der Waals surface area contributed by atoms with Crippen molar-refractivity contribution in [2.45, 2.75) is 18.9 Å². The van der Waals surface area contributed by atoms with Crippen molar-refractivity contribution in [2.24, 2.45) is 0 Å². The quantitative estimate of drug-likeness (QED) is 0.0766. The second-order valence-electron chi connectivity index (χ2n) is 19.2. The number of aromatic nitrogens is 2. The van der Waals surface area contributed by atoms with Crippen LogP contribution in [0.2, 0.25) is 0 Å². The lowest BCUT2D eigenvalue weighted by Gasteiger charge is -2.37. The van der Waals surface area contributed by atoms with Crippen LogP contribution in [0, 0.1) is 0 Å². The summed E-state index contributed by atoms with van der Waals surface area (Å²) in [6.45, 7) is 4.80. The van der Waals surface area contributed by atoms with E-state index in [0.29, 0.717) is 118 Å². The molecule has 0 aliphatic carbocycles. The fourth-order valence-corrected chi connectivity index (χ4v) is 9.90. The Balaban J connectivity index is 0.810. The van der Waals surface area contributed by atoms with Crippen LogP contribution in [-0.2, 0) is 24.0 Å². The number of ketones is 1. The maximum absolute atomic E-state index is 13.7. The average molecular weight is 1050 g/mol. The third-order valence-corrected chi connectivity index (χ3v) is 14.0. The Hall–Kier alpha value is -7.70. The highest BCUT2D eigenvalue weighted by molar-refractivity contribution is 6.08. The summed E-state index contributed by atoms with van der Waals surface area (Å²) in [5, 5.41) is 34.8. The number of rotatable bonds is 18. The first-order chi connectivity index (χ1) is 36.7. The van der Waals surface area contributed by atoms with Crippen LogP contribution in [0.4, 0.5) is 0 Å². The largest absolute Gasteiger partial charge is 0.480 e. The number of carboxylic acid groups (broad SMARTS) is 3. The number of likely N-dealkylation sites (tertiary alicyclic amines) is 1. The van der Waals surface area contributed by atoms with Crippen LogP contribution >= 0.6 is 0 Å². The average Bonchev–Trinajstić information content (AvgIpc) is 4.09. The fourth-order valence-electron chi connectivity index (χ4n) is 9.90. The van der Waals surface area contributed by atoms with Crippen molar-refractivity contribution in [1.82, 2.24) is 54.9 Å². The number of carbonyl (C=O) groups excluding carboxylic acids is 5. The zero-order chi connectivity index (χ0) is 53.7. The predicted octanol–water partition coefficient (Wildman–Crippen LogP) is 0.996. The third-order valence-electron chi connectivity index (χ3n) is 14.0. The van der Waals surface area contributed by atoms with Gasteiger partial charge in [0.25, 0.3) is 17.7 Å². The van der Waals surface area contributed by atoms with Gasteiger partial charge in [0.1, 0.15) is 11.6 Å². The minimum atomic E-state index is -1.03. The minimum absolute atomic E-state index is 0.0558. The monoisotopic (exact) mass is 1050 g/mol. The molecule has 5 heterocycles. The molecule has 0 spiro atoms. The first-order valence-corrected chi connectivity index (χ1v) is 25.5. The van der Waals surface area contributed by atoms with Gasteiger partial charge in [-0.1, -0.05) is 30.3 Å². The van der Waals surface area contributed by atoms with E-state index < -0.39 is 35.8 Å². The summed E-state index contributed by atoms with van der Waals surface area (Å²) in [6.07, 6.45) is 2.59. The van der Waals surface area contributed by atoms with Crippen molar-refractivity contribution < 1.29 is 58.1 Å². The van der Waals surface area contributed by atoms with E-state index in [-0.39, 0.29) is 82.4 Å². The number of hydrogen-bond acceptors (Lipinski definition) is 16. The van der Waals surface area contributed by atoms with Gasteiger partial charge < -0.3 is 40.2 Å². The molecule has 8 rings (SSSR count). The highest BCUT2D eigenvalue weighted by atomic mass is 16.4. The van der Waals surface area contributed by atoms with Crippen LogP contribution < -0.4 is 10.6 Å². The van der Waals surface area contributed by atoms with Crippen molar-refractivity contribution in [3.05, 3.63) is 96.0 Å². The van der Waals surface area contributed by atoms with Gasteiger partial charge in [-0.25, -0.2) is 4.98 Å². The molecule has 3 fully saturated rings. The molecular weight excluding hydrogens is 983 g/mol. The lowest BCUT2D eigenvalue weighted by molar-refractivity contribution is -0.141. The fraction of sp³-hybridized carbons (Fsp3) is 0.434. The van der Waals surface area contributed by atoms with Gasteiger partial charge in [0.15, 0.2) is 5.58 Å². The van der Waals surface area contributed by atoms with E-state index in [0.717, 1.165) is 11.1 Å². The number of oxazole rings is 1. The molecule has 5 aromatic rings. The maximum Gasteiger partial charge on any atom is 0.317 e. The lowest BCUT2D eigenvalue weighted by Crippen LogP contribution is -2.53. The van der Waals surface area contributed by atoms with E-state index >= 15 is 0 Å². The molecule has 0 radical (unpaired) electrons. The zero-order valence-corrected chi connectivity index (χ0v) is 42.2. The molecule has 2 aromatic heterocycles. The van der Waals surface area contributed by atoms with Gasteiger partial charge in [-0.15, -0.1) is 0 Å². The molecule has 402 valence electrons. The Bertz CT molecular complexity index is 2880. The number of carboxylic acids is 3. The van der Waals surface area contributed by atoms with Gasteiger partial charge in [-0.3, -0.25) is 67.8 Å². The molecule has 3 aromatic carbocycles. The third kappa shape index (κ3) is 14.6. The van der Waals surface area contributed by atoms with Gasteiger partial charge in [-0.05, 0) is 66.4 Å². The van der Waals surface area contributed by atoms with Crippen molar-refractivity contribution in [2.75, 3.05) is 131 Å². The smallest absolute Gasteiger partial charge is 0.317 e. The van der Waals surface area contributed by atoms with Crippen molar-refractivity contribution in [3.8, 4) is 11.1 Å². The van der Waals surface area contributed by atoms with E-state index in [1.807, 2.05) is 23.1 Å². The van der Waals surface area contributed by atoms with Crippen LogP contribution in [-0.4, -0.2) is 244 Å². The zero-order valence-electron chi connectivity index (χ0n) is 42.2. The van der Waals surface area contributed by atoms with Crippen molar-refractivity contribution in [1.29, 1.82) is 0 Å². The SMILES string of the molecule is O=C(O)CN1CCN(CC(=O)O)CCN(CC(=O)N2CCN(CCNC(=O)c3cccc(-c4ccc5nccc(C(=O)NCC(=O)N6CCC[C@H]6C(=O)c6nc7ccccc7o6)c5c4)c3)CC2)CCN(CC(=O)O)CC1. The number of nitrogens with zero attached hydrogens (tertiary/aromatic N) is 9. The van der Waals surface area contributed by atoms with Crippen LogP contribution in [0.5, 0.6) is 0 Å². The number of Topliss-reactive ketones (excluding diaryl/α,β-unsaturated/α-hetero) is 1. The Morgan fingerprint density at radius 3 is 1.82 bits per heavy atom. The molecule has 1 atom stereocenters. The highest BCUT2D eigenvalue weighted by Crippen LogP contribution is 2.28. The number of fused-ring (bicyclic) bond motifs is 2. The summed E-state index contributed by atoms with van der Waals surface area (Å²) >= 11 is 0. The maximum atomic E-state index is 13.7. The molecule has 76 heavy (non-hydrogen) atoms. The summed E-state index contributed by atoms with van der Waals surface area (Å²) < 4.78 is 5.69. The molecule has 23 heteroatoms. The summed E-state index contributed by atoms with van der Waals surface area (Å²) in [7, 11) is 0. The van der Waals surface area contributed by atoms with Gasteiger partial charge in [0.05, 0.1) is 43.8 Å². The van der Waals surface area contributed by atoms with Gasteiger partial charge in [-0.2, -0.15) is 0 Å². The number of amides is 4. The number of carbonyl (C=O) groups is 8. The van der Waals surface area contributed by atoms with Crippen molar-refractivity contribution >= 4 is 69.3 Å². The van der Waals surface area contributed by atoms with Gasteiger partial charge in [0.2, 0.25) is 17.6 Å². The summed E-state index contributed by atoms with van der Waals surface area (Å²) in [5.41, 5.74) is 3.79. The van der Waals surface area contributed by atoms with Crippen LogP contribution in [0.15, 0.2) is 83.4 Å². The minimum Gasteiger partial charge on any atom is -0.480 e. The van der Waals surface area contributed by atoms with Gasteiger partial charge >= 0.3 is 17.9 Å². The second-order valence-corrected chi connectivity index (χ2v) is 19.2. The Morgan fingerprint density at radius 1 is 0.579 bits per heavy atom. The van der Waals surface area contributed by atoms with Crippen molar-refractivity contribution in [3.63, 3.8) is 0 Å². The van der Waals surface area contributed by atoms with E-state index in [1.54, 1.807) is 74.2 Å². The summed E-state index contributed by atoms with van der Waals surface area (Å²) in [5.74, 6) is -4.78. The molecule has 3 aliphatic heterocycles. The van der Waals surface area contributed by atoms with E-state index in [4.69, 9.17) is 4.42 Å². The van der Waals surface area contributed by atoms with Crippen LogP contribution in [0.1, 0.15) is 44.2 Å². The normalized spacial score (nSPS) is 18.0. The molecule has 5 N–H and O–H groups in total. The Labute approximate surface area is 438 Å². The van der Waals surface area contributed by atoms with E-state index in [2.05, 4.69) is 25.5 Å². The number of nitrogens with one attached hydrogen (secondary N) is 2. The Kier molecular flexibility index (Phi) is 18.4. The highest BCUT2D eigenvalue weighted by Gasteiger charge is 2.37. The standard InChI is InChI=1S/C53H63N11O12/c65-45(64-15-4-8-43(64)50(73)53-57-42-7-1-2-9-44(42)76-53)31-56-52(75)39-12-13-54-41-11-10-37(30-40(39)41)36-5-3-6-38(29-36)51(74)55-14-16-58-25-27-63(28-26-58)46(66)32-59-17-19-60(33-47(67)68)21-23-62(35-49(71)72)24-22-61(20-18-59)34-48(69)70/h1-3,5-7,9-13,29-30,43H,4,8,14-28,31-35H2,(H,55,74)(H,56,75)(H,67,68)(H,69,70)(H,71,72)/t43-/m0/s1. The molecule has 0 unspecified atom stereocenters. The Morgan fingerprint density at radius 2 is 1.18 bits per heavy atom. The number of piperazine rings is 1. The van der Waals surface area contributed by atoms with Gasteiger partial charge in [0, 0.05) is 115 Å². The predicted molar refractivity (Wildman–Crippen MR) is 277 cm³/mol. The lowest BCUT2D eigenvalue weighted by atomic mass is 9.99. The molecule has 0 bridgehead atoms. The number of hydrogen-bond donors (Lipinski definition) is 5. The summed E-state index contributed by atoms with van der Waals surface area (Å²) in [4.78, 5) is 124. The number of para-hydroxylation sites is 2. The molecule has 23 nitrogen and oxygen atoms in total. The number of benzene rings is 3. The summed E-state index contributed by atoms with van der Waals surface area (Å²) in [6, 6.07) is 20.5. The van der Waals surface area contributed by atoms with Crippen LogP contribution in [0.3, 0.4) is 0 Å². The first-order valence-electron chi connectivity index (χ1n) is 25.5. The first kappa shape index (κ1) is 54.6. The molecule has 4 amide bonds. The van der Waals surface area contributed by atoms with E-state index in [9.17, 15) is 53.7 Å².